The Kier molecular flexibility index (Phi) is 3.82. The van der Waals surface area contributed by atoms with Crippen molar-refractivity contribution < 1.29 is 0 Å². The van der Waals surface area contributed by atoms with Crippen LogP contribution in [0.1, 0.15) is 26.2 Å². The zero-order chi connectivity index (χ0) is 12.3. The summed E-state index contributed by atoms with van der Waals surface area (Å²) in [5, 5.41) is 3.43. The van der Waals surface area contributed by atoms with Gasteiger partial charge in [-0.15, -0.1) is 0 Å². The third-order valence-corrected chi connectivity index (χ3v) is 3.63. The van der Waals surface area contributed by atoms with Gasteiger partial charge in [0.05, 0.1) is 0 Å². The summed E-state index contributed by atoms with van der Waals surface area (Å²) < 4.78 is 0. The van der Waals surface area contributed by atoms with E-state index in [2.05, 4.69) is 22.2 Å². The smallest absolute Gasteiger partial charge is 0.226 e. The molecule has 1 aliphatic carbocycles. The first-order valence-electron chi connectivity index (χ1n) is 6.41. The number of nitrogens with zero attached hydrogens (tertiary/aromatic N) is 3. The maximum absolute atomic E-state index is 4.46. The lowest BCUT2D eigenvalue weighted by Crippen LogP contribution is -2.18. The number of anilines is 2. The second-order valence-electron chi connectivity index (χ2n) is 5.19. The molecular formula is C13H22N4. The second kappa shape index (κ2) is 5.34. The van der Waals surface area contributed by atoms with Crippen molar-refractivity contribution in [3.8, 4) is 0 Å². The second-order valence-corrected chi connectivity index (χ2v) is 5.19. The van der Waals surface area contributed by atoms with Crippen molar-refractivity contribution in [2.24, 2.45) is 11.8 Å². The highest BCUT2D eigenvalue weighted by Crippen LogP contribution is 2.31. The van der Waals surface area contributed by atoms with Gasteiger partial charge >= 0.3 is 0 Å². The van der Waals surface area contributed by atoms with Crippen LogP contribution in [0.25, 0.3) is 0 Å². The van der Waals surface area contributed by atoms with E-state index in [4.69, 9.17) is 0 Å². The molecule has 0 amide bonds. The third kappa shape index (κ3) is 3.08. The molecule has 4 nitrogen and oxygen atoms in total. The Morgan fingerprint density at radius 1 is 1.41 bits per heavy atom. The van der Waals surface area contributed by atoms with Gasteiger partial charge < -0.3 is 10.2 Å². The Bertz CT molecular complexity index is 364. The first-order valence-corrected chi connectivity index (χ1v) is 6.41. The third-order valence-electron chi connectivity index (χ3n) is 3.63. The molecule has 1 aliphatic rings. The molecule has 1 fully saturated rings. The van der Waals surface area contributed by atoms with Crippen molar-refractivity contribution >= 4 is 11.8 Å². The molecular weight excluding hydrogens is 212 g/mol. The van der Waals surface area contributed by atoms with E-state index < -0.39 is 0 Å². The Balaban J connectivity index is 1.92. The minimum Gasteiger partial charge on any atom is -0.370 e. The molecule has 1 saturated carbocycles. The highest BCUT2D eigenvalue weighted by atomic mass is 15.2. The highest BCUT2D eigenvalue weighted by Gasteiger charge is 2.22. The molecule has 1 N–H and O–H groups in total. The van der Waals surface area contributed by atoms with Gasteiger partial charge in [-0.2, -0.15) is 4.98 Å². The molecule has 1 aromatic heterocycles. The summed E-state index contributed by atoms with van der Waals surface area (Å²) in [6.07, 6.45) is 5.90. The minimum absolute atomic E-state index is 0.759. The van der Waals surface area contributed by atoms with Gasteiger partial charge in [-0.3, -0.25) is 0 Å². The van der Waals surface area contributed by atoms with Crippen LogP contribution < -0.4 is 10.2 Å². The Morgan fingerprint density at radius 3 is 2.88 bits per heavy atom. The molecule has 0 bridgehead atoms. The van der Waals surface area contributed by atoms with Gasteiger partial charge in [-0.25, -0.2) is 4.98 Å². The van der Waals surface area contributed by atoms with Crippen molar-refractivity contribution in [3.05, 3.63) is 12.3 Å². The monoisotopic (exact) mass is 234 g/mol. The highest BCUT2D eigenvalue weighted by molar-refractivity contribution is 5.40. The molecule has 1 aromatic rings. The number of hydrogen-bond donors (Lipinski definition) is 1. The number of nitrogens with one attached hydrogen (secondary N) is 1. The molecule has 0 aromatic carbocycles. The predicted molar refractivity (Wildman–Crippen MR) is 71.4 cm³/mol. The molecule has 1 heterocycles. The van der Waals surface area contributed by atoms with E-state index in [1.807, 2.05) is 31.3 Å². The summed E-state index contributed by atoms with van der Waals surface area (Å²) in [5.41, 5.74) is 0. The van der Waals surface area contributed by atoms with E-state index in [9.17, 15) is 0 Å². The van der Waals surface area contributed by atoms with Gasteiger partial charge in [-0.05, 0) is 24.3 Å². The maximum Gasteiger partial charge on any atom is 0.226 e. The van der Waals surface area contributed by atoms with E-state index in [1.165, 1.54) is 19.3 Å². The summed E-state index contributed by atoms with van der Waals surface area (Å²) in [7, 11) is 3.91. The Hall–Kier alpha value is -1.32. The van der Waals surface area contributed by atoms with Gasteiger partial charge in [0.25, 0.3) is 0 Å². The summed E-state index contributed by atoms with van der Waals surface area (Å²) in [4.78, 5) is 10.6. The van der Waals surface area contributed by atoms with Crippen LogP contribution in [0.3, 0.4) is 0 Å². The van der Waals surface area contributed by atoms with Crippen LogP contribution in [-0.4, -0.2) is 30.6 Å². The largest absolute Gasteiger partial charge is 0.370 e. The molecule has 0 radical (unpaired) electrons. The van der Waals surface area contributed by atoms with Crippen LogP contribution in [0, 0.1) is 11.8 Å². The first-order chi connectivity index (χ1) is 8.16. The molecule has 0 saturated heterocycles. The Morgan fingerprint density at radius 2 is 2.24 bits per heavy atom. The van der Waals surface area contributed by atoms with Gasteiger partial charge in [0.1, 0.15) is 5.82 Å². The molecule has 0 spiro atoms. The van der Waals surface area contributed by atoms with E-state index in [-0.39, 0.29) is 0 Å². The van der Waals surface area contributed by atoms with Crippen LogP contribution in [0.15, 0.2) is 12.3 Å². The predicted octanol–water partition coefficient (Wildman–Crippen LogP) is 2.39. The van der Waals surface area contributed by atoms with Crippen LogP contribution >= 0.6 is 0 Å². The van der Waals surface area contributed by atoms with Gasteiger partial charge in [-0.1, -0.05) is 19.8 Å². The fourth-order valence-electron chi connectivity index (χ4n) is 2.42. The zero-order valence-corrected chi connectivity index (χ0v) is 11.0. The molecule has 17 heavy (non-hydrogen) atoms. The molecule has 2 unspecified atom stereocenters. The van der Waals surface area contributed by atoms with Crippen molar-refractivity contribution in [1.82, 2.24) is 9.97 Å². The van der Waals surface area contributed by atoms with E-state index in [1.54, 1.807) is 0 Å². The van der Waals surface area contributed by atoms with Crippen LogP contribution in [-0.2, 0) is 0 Å². The summed E-state index contributed by atoms with van der Waals surface area (Å²) >= 11 is 0. The summed E-state index contributed by atoms with van der Waals surface area (Å²) in [5.74, 6) is 3.34. The van der Waals surface area contributed by atoms with Crippen LogP contribution in [0.4, 0.5) is 11.8 Å². The number of rotatable bonds is 4. The SMILES string of the molecule is CC1CCCC1CNc1ccnc(N(C)C)n1. The zero-order valence-electron chi connectivity index (χ0n) is 11.0. The number of hydrogen-bond acceptors (Lipinski definition) is 4. The normalized spacial score (nSPS) is 23.7. The van der Waals surface area contributed by atoms with Crippen LogP contribution in [0.2, 0.25) is 0 Å². The molecule has 4 heteroatoms. The van der Waals surface area contributed by atoms with Crippen molar-refractivity contribution in [3.63, 3.8) is 0 Å². The first kappa shape index (κ1) is 12.1. The lowest BCUT2D eigenvalue weighted by molar-refractivity contribution is 0.439. The maximum atomic E-state index is 4.46. The van der Waals surface area contributed by atoms with Crippen molar-refractivity contribution in [2.45, 2.75) is 26.2 Å². The number of aromatic nitrogens is 2. The molecule has 2 atom stereocenters. The standard InChI is InChI=1S/C13H22N4/c1-10-5-4-6-11(10)9-15-12-7-8-14-13(16-12)17(2)3/h7-8,10-11H,4-6,9H2,1-3H3,(H,14,15,16). The van der Waals surface area contributed by atoms with E-state index in [0.717, 1.165) is 30.1 Å². The average molecular weight is 234 g/mol. The topological polar surface area (TPSA) is 41.1 Å². The van der Waals surface area contributed by atoms with E-state index >= 15 is 0 Å². The quantitative estimate of drug-likeness (QED) is 0.868. The lowest BCUT2D eigenvalue weighted by Gasteiger charge is -2.17. The molecule has 2 rings (SSSR count). The van der Waals surface area contributed by atoms with Gasteiger partial charge in [0, 0.05) is 26.8 Å². The fourth-order valence-corrected chi connectivity index (χ4v) is 2.42. The van der Waals surface area contributed by atoms with Crippen molar-refractivity contribution in [1.29, 1.82) is 0 Å². The van der Waals surface area contributed by atoms with Crippen molar-refractivity contribution in [2.75, 3.05) is 30.9 Å². The Labute approximate surface area is 103 Å². The van der Waals surface area contributed by atoms with E-state index in [0.29, 0.717) is 0 Å². The lowest BCUT2D eigenvalue weighted by atomic mass is 9.98. The molecule has 94 valence electrons. The summed E-state index contributed by atoms with van der Waals surface area (Å²) in [6, 6.07) is 1.94. The minimum atomic E-state index is 0.759. The van der Waals surface area contributed by atoms with Gasteiger partial charge in [0.2, 0.25) is 5.95 Å². The fraction of sp³-hybridized carbons (Fsp3) is 0.692. The summed E-state index contributed by atoms with van der Waals surface area (Å²) in [6.45, 7) is 3.38. The molecule has 0 aliphatic heterocycles. The van der Waals surface area contributed by atoms with Crippen LogP contribution in [0.5, 0.6) is 0 Å². The van der Waals surface area contributed by atoms with Gasteiger partial charge in [0.15, 0.2) is 0 Å². The average Bonchev–Trinajstić information content (AvgIpc) is 2.72.